The van der Waals surface area contributed by atoms with Crippen LogP contribution in [0.2, 0.25) is 0 Å². The Labute approximate surface area is 112 Å². The van der Waals surface area contributed by atoms with Gasteiger partial charge in [-0.3, -0.25) is 0 Å². The number of hydrogen-bond donors (Lipinski definition) is 1. The molecule has 1 unspecified atom stereocenters. The third-order valence-electron chi connectivity index (χ3n) is 3.29. The van der Waals surface area contributed by atoms with Gasteiger partial charge < -0.3 is 14.6 Å². The van der Waals surface area contributed by atoms with E-state index in [9.17, 15) is 5.11 Å². The zero-order chi connectivity index (χ0) is 12.8. The fourth-order valence-electron chi connectivity index (χ4n) is 2.15. The number of rotatable bonds is 5. The summed E-state index contributed by atoms with van der Waals surface area (Å²) in [5.74, 6) is 4.08. The largest absolute Gasteiger partial charge is 0.493 e. The molecular formula is C14H20O3S. The minimum Gasteiger partial charge on any atom is -0.493 e. The average molecular weight is 268 g/mol. The van der Waals surface area contributed by atoms with E-state index in [2.05, 4.69) is 0 Å². The fourth-order valence-corrected chi connectivity index (χ4v) is 3.29. The minimum absolute atomic E-state index is 0.343. The molecule has 0 aliphatic carbocycles. The molecule has 1 aromatic carbocycles. The van der Waals surface area contributed by atoms with Crippen molar-refractivity contribution in [2.24, 2.45) is 5.92 Å². The first-order valence-corrected chi connectivity index (χ1v) is 7.48. The van der Waals surface area contributed by atoms with Crippen LogP contribution >= 0.6 is 11.8 Å². The number of hydrogen-bond acceptors (Lipinski definition) is 4. The summed E-state index contributed by atoms with van der Waals surface area (Å²) in [4.78, 5) is 0. The van der Waals surface area contributed by atoms with E-state index in [-0.39, 0.29) is 6.10 Å². The molecule has 4 heteroatoms. The van der Waals surface area contributed by atoms with Gasteiger partial charge in [0.1, 0.15) is 6.61 Å². The van der Waals surface area contributed by atoms with Gasteiger partial charge in [0, 0.05) is 0 Å². The number of ether oxygens (including phenoxy) is 2. The number of methoxy groups -OCH3 is 1. The highest BCUT2D eigenvalue weighted by atomic mass is 32.2. The molecule has 1 aliphatic heterocycles. The summed E-state index contributed by atoms with van der Waals surface area (Å²) in [6.07, 6.45) is 1.79. The smallest absolute Gasteiger partial charge is 0.161 e. The summed E-state index contributed by atoms with van der Waals surface area (Å²) in [5.41, 5.74) is 0. The van der Waals surface area contributed by atoms with Crippen molar-refractivity contribution in [1.29, 1.82) is 0 Å². The second kappa shape index (κ2) is 6.90. The Bertz CT molecular complexity index is 364. The van der Waals surface area contributed by atoms with Gasteiger partial charge in [0.25, 0.3) is 0 Å². The van der Waals surface area contributed by atoms with Gasteiger partial charge in [0.2, 0.25) is 0 Å². The number of thioether (sulfide) groups is 1. The molecule has 1 aliphatic rings. The molecule has 1 aromatic rings. The van der Waals surface area contributed by atoms with Crippen molar-refractivity contribution in [1.82, 2.24) is 0 Å². The highest BCUT2D eigenvalue weighted by Crippen LogP contribution is 2.28. The standard InChI is InChI=1S/C14H20O3S/c1-16-13-4-2-3-5-14(13)17-10-12(15)11-6-8-18-9-7-11/h2-5,11-12,15H,6-10H2,1H3. The van der Waals surface area contributed by atoms with E-state index in [1.165, 1.54) is 0 Å². The Kier molecular flexibility index (Phi) is 5.20. The van der Waals surface area contributed by atoms with Gasteiger partial charge in [0.15, 0.2) is 11.5 Å². The van der Waals surface area contributed by atoms with E-state index >= 15 is 0 Å². The summed E-state index contributed by atoms with van der Waals surface area (Å²) in [5, 5.41) is 10.1. The van der Waals surface area contributed by atoms with E-state index in [0.717, 1.165) is 24.3 Å². The van der Waals surface area contributed by atoms with Crippen molar-refractivity contribution >= 4 is 11.8 Å². The third kappa shape index (κ3) is 3.56. The van der Waals surface area contributed by atoms with Crippen molar-refractivity contribution in [3.05, 3.63) is 24.3 Å². The van der Waals surface area contributed by atoms with Crippen LogP contribution in [0.5, 0.6) is 11.5 Å². The van der Waals surface area contributed by atoms with Gasteiger partial charge in [-0.2, -0.15) is 11.8 Å². The summed E-state index contributed by atoms with van der Waals surface area (Å²) in [7, 11) is 1.62. The van der Waals surface area contributed by atoms with E-state index in [1.807, 2.05) is 36.0 Å². The molecule has 1 heterocycles. The molecule has 1 fully saturated rings. The molecule has 2 rings (SSSR count). The predicted molar refractivity (Wildman–Crippen MR) is 74.5 cm³/mol. The zero-order valence-electron chi connectivity index (χ0n) is 10.7. The van der Waals surface area contributed by atoms with Crippen LogP contribution in [0.25, 0.3) is 0 Å². The van der Waals surface area contributed by atoms with Crippen molar-refractivity contribution in [2.75, 3.05) is 25.2 Å². The van der Waals surface area contributed by atoms with Crippen LogP contribution in [0.3, 0.4) is 0 Å². The summed E-state index contributed by atoms with van der Waals surface area (Å²) >= 11 is 1.96. The van der Waals surface area contributed by atoms with Gasteiger partial charge in [-0.05, 0) is 42.4 Å². The van der Waals surface area contributed by atoms with Gasteiger partial charge in [-0.1, -0.05) is 12.1 Å². The summed E-state index contributed by atoms with van der Waals surface area (Å²) in [6.45, 7) is 0.343. The Morgan fingerprint density at radius 2 is 1.94 bits per heavy atom. The van der Waals surface area contributed by atoms with Gasteiger partial charge in [0.05, 0.1) is 13.2 Å². The van der Waals surface area contributed by atoms with Crippen LogP contribution < -0.4 is 9.47 Å². The Morgan fingerprint density at radius 1 is 1.28 bits per heavy atom. The fraction of sp³-hybridized carbons (Fsp3) is 0.571. The molecule has 0 radical (unpaired) electrons. The summed E-state index contributed by atoms with van der Waals surface area (Å²) in [6, 6.07) is 7.53. The van der Waals surface area contributed by atoms with Crippen molar-refractivity contribution in [3.8, 4) is 11.5 Å². The monoisotopic (exact) mass is 268 g/mol. The van der Waals surface area contributed by atoms with Crippen LogP contribution in [0.15, 0.2) is 24.3 Å². The normalized spacial score (nSPS) is 18.3. The van der Waals surface area contributed by atoms with Crippen LogP contribution in [0.4, 0.5) is 0 Å². The van der Waals surface area contributed by atoms with E-state index in [4.69, 9.17) is 9.47 Å². The molecular weight excluding hydrogens is 248 g/mol. The number of aliphatic hydroxyl groups is 1. The molecule has 1 atom stereocenters. The maximum atomic E-state index is 10.1. The lowest BCUT2D eigenvalue weighted by Crippen LogP contribution is -2.30. The Morgan fingerprint density at radius 3 is 2.61 bits per heavy atom. The first kappa shape index (κ1) is 13.6. The second-order valence-corrected chi connectivity index (χ2v) is 5.70. The molecule has 18 heavy (non-hydrogen) atoms. The van der Waals surface area contributed by atoms with E-state index < -0.39 is 0 Å². The molecule has 1 saturated heterocycles. The molecule has 100 valence electrons. The first-order chi connectivity index (χ1) is 8.81. The molecule has 0 amide bonds. The number of para-hydroxylation sites is 2. The molecule has 0 bridgehead atoms. The highest BCUT2D eigenvalue weighted by Gasteiger charge is 2.22. The van der Waals surface area contributed by atoms with Crippen LogP contribution in [-0.2, 0) is 0 Å². The quantitative estimate of drug-likeness (QED) is 0.891. The second-order valence-electron chi connectivity index (χ2n) is 4.48. The van der Waals surface area contributed by atoms with E-state index in [0.29, 0.717) is 24.0 Å². The lowest BCUT2D eigenvalue weighted by atomic mass is 9.96. The van der Waals surface area contributed by atoms with Crippen LogP contribution in [0.1, 0.15) is 12.8 Å². The molecule has 0 aromatic heterocycles. The number of benzene rings is 1. The lowest BCUT2D eigenvalue weighted by molar-refractivity contribution is 0.0525. The molecule has 1 N–H and O–H groups in total. The molecule has 3 nitrogen and oxygen atoms in total. The Hall–Kier alpha value is -0.870. The van der Waals surface area contributed by atoms with Gasteiger partial charge in [-0.15, -0.1) is 0 Å². The topological polar surface area (TPSA) is 38.7 Å². The SMILES string of the molecule is COc1ccccc1OCC(O)C1CCSCC1. The minimum atomic E-state index is -0.379. The van der Waals surface area contributed by atoms with Crippen LogP contribution in [0, 0.1) is 5.92 Å². The predicted octanol–water partition coefficient (Wildman–Crippen LogP) is 2.58. The molecule has 0 saturated carbocycles. The van der Waals surface area contributed by atoms with Crippen molar-refractivity contribution < 1.29 is 14.6 Å². The van der Waals surface area contributed by atoms with Crippen molar-refractivity contribution in [2.45, 2.75) is 18.9 Å². The maximum Gasteiger partial charge on any atom is 0.161 e. The van der Waals surface area contributed by atoms with Gasteiger partial charge >= 0.3 is 0 Å². The van der Waals surface area contributed by atoms with Gasteiger partial charge in [-0.25, -0.2) is 0 Å². The maximum absolute atomic E-state index is 10.1. The highest BCUT2D eigenvalue weighted by molar-refractivity contribution is 7.99. The van der Waals surface area contributed by atoms with Crippen LogP contribution in [-0.4, -0.2) is 36.4 Å². The number of aliphatic hydroxyl groups excluding tert-OH is 1. The zero-order valence-corrected chi connectivity index (χ0v) is 11.5. The lowest BCUT2D eigenvalue weighted by Gasteiger charge is -2.26. The van der Waals surface area contributed by atoms with E-state index in [1.54, 1.807) is 7.11 Å². The van der Waals surface area contributed by atoms with Crippen molar-refractivity contribution in [3.63, 3.8) is 0 Å². The molecule has 0 spiro atoms. The first-order valence-electron chi connectivity index (χ1n) is 6.33. The third-order valence-corrected chi connectivity index (χ3v) is 4.34. The Balaban J connectivity index is 1.86. The summed E-state index contributed by atoms with van der Waals surface area (Å²) < 4.78 is 10.9. The average Bonchev–Trinajstić information content (AvgIpc) is 2.46.